The van der Waals surface area contributed by atoms with Gasteiger partial charge in [-0.2, -0.15) is 0 Å². The molecule has 0 atom stereocenters. The van der Waals surface area contributed by atoms with Gasteiger partial charge in [0.05, 0.1) is 28.7 Å². The minimum atomic E-state index is -3.30. The van der Waals surface area contributed by atoms with Crippen LogP contribution in [0.15, 0.2) is 78.9 Å². The molecule has 146 valence electrons. The van der Waals surface area contributed by atoms with Crippen molar-refractivity contribution in [1.82, 2.24) is 9.97 Å². The van der Waals surface area contributed by atoms with Crippen LogP contribution in [0, 0.1) is 0 Å². The van der Waals surface area contributed by atoms with Gasteiger partial charge in [0, 0.05) is 16.8 Å². The first kappa shape index (κ1) is 19.3. The zero-order valence-electron chi connectivity index (χ0n) is 16.3. The fourth-order valence-corrected chi connectivity index (χ4v) is 6.34. The molecule has 0 aliphatic rings. The Kier molecular flexibility index (Phi) is 5.17. The first-order chi connectivity index (χ1) is 14.0. The average Bonchev–Trinajstić information content (AvgIpc) is 2.73. The molecular weight excluding hydrogens is 398 g/mol. The Morgan fingerprint density at radius 1 is 0.759 bits per heavy atom. The summed E-state index contributed by atoms with van der Waals surface area (Å²) in [4.78, 5) is 9.80. The maximum Gasteiger partial charge on any atom is 0.224 e. The lowest BCUT2D eigenvalue weighted by Crippen LogP contribution is -2.31. The van der Waals surface area contributed by atoms with Crippen LogP contribution in [0.25, 0.3) is 33.5 Å². The first-order valence-electron chi connectivity index (χ1n) is 9.37. The summed E-state index contributed by atoms with van der Waals surface area (Å²) in [6.45, 7) is 1.95. The van der Waals surface area contributed by atoms with Crippen LogP contribution >= 0.6 is 0 Å². The van der Waals surface area contributed by atoms with Crippen molar-refractivity contribution in [3.63, 3.8) is 0 Å². The summed E-state index contributed by atoms with van der Waals surface area (Å²) >= 11 is 0. The molecule has 0 bridgehead atoms. The highest BCUT2D eigenvalue weighted by Gasteiger charge is 2.17. The molecule has 4 aromatic rings. The average molecular weight is 420 g/mol. The van der Waals surface area contributed by atoms with Crippen LogP contribution in [0.5, 0.6) is 0 Å². The Labute approximate surface area is 173 Å². The molecule has 0 saturated heterocycles. The van der Waals surface area contributed by atoms with E-state index in [-0.39, 0.29) is 0 Å². The number of rotatable bonds is 5. The van der Waals surface area contributed by atoms with E-state index in [0.29, 0.717) is 11.2 Å². The van der Waals surface area contributed by atoms with Crippen LogP contribution in [0.4, 0.5) is 5.69 Å². The third-order valence-corrected chi connectivity index (χ3v) is 8.85. The van der Waals surface area contributed by atoms with Crippen LogP contribution < -0.4 is 3.97 Å². The Morgan fingerprint density at radius 3 is 1.76 bits per heavy atom. The van der Waals surface area contributed by atoms with E-state index in [2.05, 4.69) is 0 Å². The van der Waals surface area contributed by atoms with Crippen molar-refractivity contribution in [2.45, 2.75) is 6.55 Å². The molecule has 0 fully saturated rings. The van der Waals surface area contributed by atoms with Crippen LogP contribution in [0.1, 0.15) is 0 Å². The summed E-state index contributed by atoms with van der Waals surface area (Å²) in [6, 6.07) is 25.4. The SMILES string of the molecule is C[SiH2]N(c1ccc2nc(-c3ccccc3)c(-c3ccccc3)nc2c1)S(C)(=O)=O. The minimum Gasteiger partial charge on any atom is -0.306 e. The lowest BCUT2D eigenvalue weighted by atomic mass is 10.0. The highest BCUT2D eigenvalue weighted by Crippen LogP contribution is 2.32. The molecule has 3 aromatic carbocycles. The number of aromatic nitrogens is 2. The summed E-state index contributed by atoms with van der Waals surface area (Å²) < 4.78 is 25.8. The van der Waals surface area contributed by atoms with Gasteiger partial charge in [0.2, 0.25) is 10.0 Å². The van der Waals surface area contributed by atoms with E-state index in [1.807, 2.05) is 85.4 Å². The normalized spacial score (nSPS) is 11.9. The number of anilines is 1. The molecule has 0 N–H and O–H groups in total. The van der Waals surface area contributed by atoms with Gasteiger partial charge in [0.15, 0.2) is 0 Å². The van der Waals surface area contributed by atoms with E-state index in [1.165, 1.54) is 10.2 Å². The lowest BCUT2D eigenvalue weighted by molar-refractivity contribution is 0.603. The third-order valence-electron chi connectivity index (χ3n) is 4.72. The largest absolute Gasteiger partial charge is 0.306 e. The zero-order valence-corrected chi connectivity index (χ0v) is 18.5. The van der Waals surface area contributed by atoms with Crippen molar-refractivity contribution in [3.05, 3.63) is 78.9 Å². The molecule has 4 rings (SSSR count). The lowest BCUT2D eigenvalue weighted by Gasteiger charge is -2.21. The Hall–Kier alpha value is -3.03. The van der Waals surface area contributed by atoms with Gasteiger partial charge in [-0.15, -0.1) is 0 Å². The molecule has 0 radical (unpaired) electrons. The monoisotopic (exact) mass is 419 g/mol. The summed E-state index contributed by atoms with van der Waals surface area (Å²) in [5, 5.41) is 0. The van der Waals surface area contributed by atoms with Crippen LogP contribution in [-0.4, -0.2) is 34.3 Å². The third kappa shape index (κ3) is 3.92. The molecule has 1 aromatic heterocycles. The standard InChI is InChI=1S/C22H21N3O2SSi/c1-28(26,27)25(29-2)18-13-14-19-20(15-18)24-22(17-11-7-4-8-12-17)21(23-19)16-9-5-3-6-10-16/h3-15H,29H2,1-2H3. The second-order valence-electron chi connectivity index (χ2n) is 6.75. The van der Waals surface area contributed by atoms with Gasteiger partial charge in [0.1, 0.15) is 9.68 Å². The molecule has 0 aliphatic heterocycles. The zero-order chi connectivity index (χ0) is 20.4. The van der Waals surface area contributed by atoms with Gasteiger partial charge in [-0.3, -0.25) is 0 Å². The van der Waals surface area contributed by atoms with E-state index in [4.69, 9.17) is 9.97 Å². The topological polar surface area (TPSA) is 63.2 Å². The van der Waals surface area contributed by atoms with Crippen molar-refractivity contribution >= 4 is 36.4 Å². The summed E-state index contributed by atoms with van der Waals surface area (Å²) in [5.41, 5.74) is 5.60. The van der Waals surface area contributed by atoms with Gasteiger partial charge in [-0.1, -0.05) is 67.2 Å². The number of hydrogen-bond acceptors (Lipinski definition) is 4. The molecule has 0 aliphatic carbocycles. The van der Waals surface area contributed by atoms with Gasteiger partial charge in [-0.25, -0.2) is 18.4 Å². The van der Waals surface area contributed by atoms with Crippen molar-refractivity contribution in [2.75, 3.05) is 10.2 Å². The predicted molar refractivity (Wildman–Crippen MR) is 122 cm³/mol. The molecule has 0 amide bonds. The smallest absolute Gasteiger partial charge is 0.224 e. The Morgan fingerprint density at radius 2 is 1.28 bits per heavy atom. The van der Waals surface area contributed by atoms with Gasteiger partial charge >= 0.3 is 0 Å². The number of hydrogen-bond donors (Lipinski definition) is 0. The molecule has 5 nitrogen and oxygen atoms in total. The second-order valence-corrected chi connectivity index (χ2v) is 10.4. The van der Waals surface area contributed by atoms with Crippen molar-refractivity contribution in [1.29, 1.82) is 0 Å². The van der Waals surface area contributed by atoms with Gasteiger partial charge in [-0.05, 0) is 18.2 Å². The molecule has 0 saturated carbocycles. The number of fused-ring (bicyclic) bond motifs is 1. The highest BCUT2D eigenvalue weighted by atomic mass is 32.2. The molecule has 7 heteroatoms. The van der Waals surface area contributed by atoms with Crippen LogP contribution in [0.2, 0.25) is 6.55 Å². The summed E-state index contributed by atoms with van der Waals surface area (Å²) in [5.74, 6) is 0. The van der Waals surface area contributed by atoms with Crippen molar-refractivity contribution in [3.8, 4) is 22.5 Å². The number of sulfonamides is 1. The number of benzene rings is 3. The summed E-state index contributed by atoms with van der Waals surface area (Å²) in [6.07, 6.45) is 1.24. The van der Waals surface area contributed by atoms with Crippen LogP contribution in [0.3, 0.4) is 0 Å². The minimum absolute atomic E-state index is 0.648. The van der Waals surface area contributed by atoms with E-state index in [0.717, 1.165) is 28.0 Å². The fourth-order valence-electron chi connectivity index (χ4n) is 3.40. The second kappa shape index (κ2) is 7.77. The van der Waals surface area contributed by atoms with Gasteiger partial charge in [0.25, 0.3) is 0 Å². The molecule has 0 unspecified atom stereocenters. The van der Waals surface area contributed by atoms with E-state index in [1.54, 1.807) is 0 Å². The van der Waals surface area contributed by atoms with E-state index in [9.17, 15) is 8.42 Å². The fraction of sp³-hybridized carbons (Fsp3) is 0.0909. The predicted octanol–water partition coefficient (Wildman–Crippen LogP) is 3.86. The molecule has 1 heterocycles. The van der Waals surface area contributed by atoms with Crippen molar-refractivity contribution < 1.29 is 8.42 Å². The Balaban J connectivity index is 1.96. The number of nitrogens with zero attached hydrogens (tertiary/aromatic N) is 3. The van der Waals surface area contributed by atoms with Crippen LogP contribution in [-0.2, 0) is 10.0 Å². The molecule has 0 spiro atoms. The highest BCUT2D eigenvalue weighted by molar-refractivity contribution is 7.93. The first-order valence-corrected chi connectivity index (χ1v) is 13.3. The molecule has 29 heavy (non-hydrogen) atoms. The van der Waals surface area contributed by atoms with Gasteiger partial charge < -0.3 is 3.97 Å². The van der Waals surface area contributed by atoms with E-state index < -0.39 is 19.7 Å². The molecular formula is C22H21N3O2SSi. The Bertz CT molecular complexity index is 1260. The summed E-state index contributed by atoms with van der Waals surface area (Å²) in [7, 11) is -4.26. The quantitative estimate of drug-likeness (QED) is 0.461. The van der Waals surface area contributed by atoms with Crippen molar-refractivity contribution in [2.24, 2.45) is 0 Å². The van der Waals surface area contributed by atoms with E-state index >= 15 is 0 Å². The maximum atomic E-state index is 12.2. The maximum absolute atomic E-state index is 12.2.